The van der Waals surface area contributed by atoms with Crippen LogP contribution in [0.25, 0.3) is 0 Å². The van der Waals surface area contributed by atoms with Gasteiger partial charge in [-0.3, -0.25) is 10.1 Å². The van der Waals surface area contributed by atoms with Gasteiger partial charge in [0, 0.05) is 19.2 Å². The van der Waals surface area contributed by atoms with Crippen molar-refractivity contribution in [3.05, 3.63) is 33.9 Å². The van der Waals surface area contributed by atoms with Gasteiger partial charge in [0.2, 0.25) is 0 Å². The molecule has 0 saturated carbocycles. The minimum absolute atomic E-state index is 0.0482. The average molecular weight is 238 g/mol. The first-order valence-corrected chi connectivity index (χ1v) is 5.72. The minimum atomic E-state index is -0.695. The normalized spacial score (nSPS) is 12.2. The van der Waals surface area contributed by atoms with Crippen molar-refractivity contribution in [3.8, 4) is 0 Å². The first kappa shape index (κ1) is 13.4. The molecule has 17 heavy (non-hydrogen) atoms. The van der Waals surface area contributed by atoms with E-state index in [4.69, 9.17) is 0 Å². The molecule has 0 aliphatic rings. The van der Waals surface area contributed by atoms with Gasteiger partial charge in [0.15, 0.2) is 0 Å². The van der Waals surface area contributed by atoms with Gasteiger partial charge in [0.25, 0.3) is 5.69 Å². The summed E-state index contributed by atoms with van der Waals surface area (Å²) in [6.45, 7) is 6.93. The minimum Gasteiger partial charge on any atom is -0.389 e. The summed E-state index contributed by atoms with van der Waals surface area (Å²) in [6.07, 6.45) is -0.695. The standard InChI is InChI=1S/C12H18N2O3/c1-4-13(5-2)11-7-6-10(9(3)15)8-12(11)14(16)17/h6-9,15H,4-5H2,1-3H3/t9-/m0/s1. The monoisotopic (exact) mass is 238 g/mol. The maximum Gasteiger partial charge on any atom is 0.292 e. The van der Waals surface area contributed by atoms with Crippen LogP contribution in [0.3, 0.4) is 0 Å². The van der Waals surface area contributed by atoms with Crippen molar-refractivity contribution in [1.82, 2.24) is 0 Å². The van der Waals surface area contributed by atoms with E-state index < -0.39 is 11.0 Å². The van der Waals surface area contributed by atoms with Crippen LogP contribution in [0.2, 0.25) is 0 Å². The van der Waals surface area contributed by atoms with Gasteiger partial charge in [-0.1, -0.05) is 6.07 Å². The van der Waals surface area contributed by atoms with Gasteiger partial charge in [-0.2, -0.15) is 0 Å². The van der Waals surface area contributed by atoms with Crippen molar-refractivity contribution < 1.29 is 10.0 Å². The fourth-order valence-electron chi connectivity index (χ4n) is 1.78. The largest absolute Gasteiger partial charge is 0.389 e. The Morgan fingerprint density at radius 3 is 2.41 bits per heavy atom. The van der Waals surface area contributed by atoms with E-state index in [1.807, 2.05) is 18.7 Å². The van der Waals surface area contributed by atoms with Crippen molar-refractivity contribution in [2.24, 2.45) is 0 Å². The zero-order valence-electron chi connectivity index (χ0n) is 10.4. The molecule has 0 aromatic heterocycles. The van der Waals surface area contributed by atoms with Crippen LogP contribution in [-0.4, -0.2) is 23.1 Å². The van der Waals surface area contributed by atoms with E-state index in [9.17, 15) is 15.2 Å². The SMILES string of the molecule is CCN(CC)c1ccc([C@H](C)O)cc1[N+](=O)[O-]. The summed E-state index contributed by atoms with van der Waals surface area (Å²) in [7, 11) is 0. The molecule has 1 N–H and O–H groups in total. The fraction of sp³-hybridized carbons (Fsp3) is 0.500. The van der Waals surface area contributed by atoms with Crippen LogP contribution in [0.1, 0.15) is 32.4 Å². The molecule has 0 spiro atoms. The van der Waals surface area contributed by atoms with Gasteiger partial charge in [0.05, 0.1) is 11.0 Å². The second-order valence-electron chi connectivity index (χ2n) is 3.85. The molecule has 5 nitrogen and oxygen atoms in total. The average Bonchev–Trinajstić information content (AvgIpc) is 2.30. The topological polar surface area (TPSA) is 66.6 Å². The summed E-state index contributed by atoms with van der Waals surface area (Å²) in [6, 6.07) is 4.87. The Labute approximate surface area is 101 Å². The summed E-state index contributed by atoms with van der Waals surface area (Å²) in [4.78, 5) is 12.5. The third-order valence-corrected chi connectivity index (χ3v) is 2.78. The first-order chi connectivity index (χ1) is 8.01. The number of nitro groups is 1. The molecule has 0 saturated heterocycles. The molecule has 1 atom stereocenters. The second kappa shape index (κ2) is 5.63. The number of rotatable bonds is 5. The molecule has 0 bridgehead atoms. The van der Waals surface area contributed by atoms with Crippen LogP contribution in [0.4, 0.5) is 11.4 Å². The van der Waals surface area contributed by atoms with Gasteiger partial charge in [-0.25, -0.2) is 0 Å². The zero-order chi connectivity index (χ0) is 13.0. The number of nitro benzene ring substituents is 1. The van der Waals surface area contributed by atoms with Crippen molar-refractivity contribution in [2.75, 3.05) is 18.0 Å². The van der Waals surface area contributed by atoms with Crippen LogP contribution in [-0.2, 0) is 0 Å². The van der Waals surface area contributed by atoms with Crippen LogP contribution >= 0.6 is 0 Å². The van der Waals surface area contributed by atoms with E-state index in [1.54, 1.807) is 19.1 Å². The fourth-order valence-corrected chi connectivity index (χ4v) is 1.78. The van der Waals surface area contributed by atoms with Crippen LogP contribution in [0.15, 0.2) is 18.2 Å². The lowest BCUT2D eigenvalue weighted by atomic mass is 10.1. The maximum atomic E-state index is 11.0. The smallest absolute Gasteiger partial charge is 0.292 e. The third kappa shape index (κ3) is 2.94. The van der Waals surface area contributed by atoms with Crippen molar-refractivity contribution >= 4 is 11.4 Å². The lowest BCUT2D eigenvalue weighted by Gasteiger charge is -2.21. The molecule has 0 radical (unpaired) electrons. The highest BCUT2D eigenvalue weighted by Gasteiger charge is 2.19. The molecule has 0 aliphatic heterocycles. The molecule has 1 aromatic carbocycles. The van der Waals surface area contributed by atoms with Crippen LogP contribution < -0.4 is 4.90 Å². The van der Waals surface area contributed by atoms with Crippen molar-refractivity contribution in [1.29, 1.82) is 0 Å². The number of aliphatic hydroxyl groups is 1. The van der Waals surface area contributed by atoms with Crippen molar-refractivity contribution in [3.63, 3.8) is 0 Å². The predicted octanol–water partition coefficient (Wildman–Crippen LogP) is 2.49. The van der Waals surface area contributed by atoms with E-state index in [0.717, 1.165) is 0 Å². The summed E-state index contributed by atoms with van der Waals surface area (Å²) in [5.41, 5.74) is 1.21. The molecule has 0 heterocycles. The molecular formula is C12H18N2O3. The lowest BCUT2D eigenvalue weighted by molar-refractivity contribution is -0.384. The van der Waals surface area contributed by atoms with Gasteiger partial charge in [0.1, 0.15) is 5.69 Å². The van der Waals surface area contributed by atoms with E-state index in [-0.39, 0.29) is 5.69 Å². The van der Waals surface area contributed by atoms with Crippen molar-refractivity contribution in [2.45, 2.75) is 26.9 Å². The molecular weight excluding hydrogens is 220 g/mol. The number of hydrogen-bond acceptors (Lipinski definition) is 4. The predicted molar refractivity (Wildman–Crippen MR) is 67.3 cm³/mol. The Morgan fingerprint density at radius 1 is 1.41 bits per heavy atom. The van der Waals surface area contributed by atoms with Gasteiger partial charge < -0.3 is 10.0 Å². The lowest BCUT2D eigenvalue weighted by Crippen LogP contribution is -2.22. The maximum absolute atomic E-state index is 11.0. The third-order valence-electron chi connectivity index (χ3n) is 2.78. The Bertz CT molecular complexity index is 401. The van der Waals surface area contributed by atoms with Gasteiger partial charge in [-0.15, -0.1) is 0 Å². The molecule has 5 heteroatoms. The molecule has 0 aliphatic carbocycles. The number of nitrogens with zero attached hydrogens (tertiary/aromatic N) is 2. The summed E-state index contributed by atoms with van der Waals surface area (Å²) in [5, 5.41) is 20.5. The Kier molecular flexibility index (Phi) is 4.45. The van der Waals surface area contributed by atoms with Gasteiger partial charge in [-0.05, 0) is 32.4 Å². The highest BCUT2D eigenvalue weighted by molar-refractivity contribution is 5.64. The molecule has 0 amide bonds. The van der Waals surface area contributed by atoms with Crippen LogP contribution in [0.5, 0.6) is 0 Å². The zero-order valence-corrected chi connectivity index (χ0v) is 10.4. The first-order valence-electron chi connectivity index (χ1n) is 5.72. The van der Waals surface area contributed by atoms with E-state index in [0.29, 0.717) is 24.3 Å². The molecule has 0 unspecified atom stereocenters. The van der Waals surface area contributed by atoms with Crippen LogP contribution in [0, 0.1) is 10.1 Å². The van der Waals surface area contributed by atoms with Gasteiger partial charge >= 0.3 is 0 Å². The highest BCUT2D eigenvalue weighted by atomic mass is 16.6. The summed E-state index contributed by atoms with van der Waals surface area (Å²) in [5.74, 6) is 0. The second-order valence-corrected chi connectivity index (χ2v) is 3.85. The molecule has 0 fully saturated rings. The van der Waals surface area contributed by atoms with E-state index in [2.05, 4.69) is 0 Å². The Morgan fingerprint density at radius 2 is 2.00 bits per heavy atom. The number of anilines is 1. The quantitative estimate of drug-likeness (QED) is 0.632. The van der Waals surface area contributed by atoms with E-state index in [1.165, 1.54) is 6.07 Å². The summed E-state index contributed by atoms with van der Waals surface area (Å²) < 4.78 is 0. The molecule has 1 aromatic rings. The summed E-state index contributed by atoms with van der Waals surface area (Å²) >= 11 is 0. The Hall–Kier alpha value is -1.62. The Balaban J connectivity index is 3.26. The number of hydrogen-bond donors (Lipinski definition) is 1. The molecule has 94 valence electrons. The number of aliphatic hydroxyl groups excluding tert-OH is 1. The number of benzene rings is 1. The highest BCUT2D eigenvalue weighted by Crippen LogP contribution is 2.30. The molecule has 1 rings (SSSR count). The van der Waals surface area contributed by atoms with E-state index >= 15 is 0 Å².